The number of ether oxygens (including phenoxy) is 7. The van der Waals surface area contributed by atoms with Crippen LogP contribution in [0.5, 0.6) is 46.0 Å². The van der Waals surface area contributed by atoms with E-state index < -0.39 is 0 Å². The number of aldehydes is 2. The van der Waals surface area contributed by atoms with Gasteiger partial charge in [0.1, 0.15) is 37.3 Å². The van der Waals surface area contributed by atoms with E-state index in [1.54, 1.807) is 36.4 Å². The Kier molecular flexibility index (Phi) is 10.9. The van der Waals surface area contributed by atoms with Crippen LogP contribution in [0.4, 0.5) is 0 Å². The number of benzene rings is 5. The van der Waals surface area contributed by atoms with Gasteiger partial charge in [0.2, 0.25) is 23.3 Å². The van der Waals surface area contributed by atoms with E-state index in [9.17, 15) is 9.59 Å². The van der Waals surface area contributed by atoms with Gasteiger partial charge >= 0.3 is 0 Å². The molecule has 0 atom stereocenters. The van der Waals surface area contributed by atoms with Gasteiger partial charge in [0, 0.05) is 27.8 Å². The predicted octanol–water partition coefficient (Wildman–Crippen LogP) is 8.01. The molecule has 0 N–H and O–H groups in total. The highest BCUT2D eigenvalue weighted by molar-refractivity contribution is 5.79. The number of methoxy groups -OCH3 is 4. The monoisotopic (exact) mass is 702 g/mol. The van der Waals surface area contributed by atoms with Crippen molar-refractivity contribution < 1.29 is 47.2 Å². The Morgan fingerprint density at radius 3 is 1.56 bits per heavy atom. The lowest BCUT2D eigenvalue weighted by Gasteiger charge is -2.18. The third-order valence-corrected chi connectivity index (χ3v) is 7.90. The first-order chi connectivity index (χ1) is 25.5. The number of carbonyl (C=O) groups excluding carboxylic acids is 2. The summed E-state index contributed by atoms with van der Waals surface area (Å²) in [6.45, 7) is 0.167. The molecule has 0 radical (unpaired) electrons. The van der Waals surface area contributed by atoms with E-state index in [1.165, 1.54) is 28.4 Å². The average Bonchev–Trinajstić information content (AvgIpc) is 3.70. The van der Waals surface area contributed by atoms with Crippen molar-refractivity contribution in [2.75, 3.05) is 28.4 Å². The van der Waals surface area contributed by atoms with Gasteiger partial charge in [-0.05, 0) is 72.3 Å². The summed E-state index contributed by atoms with van der Waals surface area (Å²) in [6, 6.07) is 28.6. The maximum Gasteiger partial charge on any atom is 0.248 e. The molecule has 264 valence electrons. The van der Waals surface area contributed by atoms with Crippen LogP contribution in [0.3, 0.4) is 0 Å². The molecule has 1 aromatic heterocycles. The molecule has 0 aliphatic rings. The van der Waals surface area contributed by atoms with Crippen LogP contribution in [0.25, 0.3) is 22.9 Å². The van der Waals surface area contributed by atoms with Crippen molar-refractivity contribution in [2.24, 2.45) is 0 Å². The third-order valence-electron chi connectivity index (χ3n) is 7.90. The van der Waals surface area contributed by atoms with Crippen LogP contribution in [-0.2, 0) is 13.2 Å². The lowest BCUT2D eigenvalue weighted by Crippen LogP contribution is -2.04. The molecule has 0 amide bonds. The number of aromatic nitrogens is 2. The maximum absolute atomic E-state index is 11.5. The molecule has 0 saturated carbocycles. The number of nitrogens with zero attached hydrogens (tertiary/aromatic N) is 2. The first kappa shape index (κ1) is 35.0. The number of hydrogen-bond donors (Lipinski definition) is 0. The molecule has 0 aliphatic carbocycles. The molecule has 5 aromatic carbocycles. The maximum atomic E-state index is 11.5. The minimum Gasteiger partial charge on any atom is -0.493 e. The lowest BCUT2D eigenvalue weighted by atomic mass is 10.1. The fourth-order valence-corrected chi connectivity index (χ4v) is 5.26. The van der Waals surface area contributed by atoms with Gasteiger partial charge in [-0.15, -0.1) is 10.2 Å². The Labute approximate surface area is 299 Å². The largest absolute Gasteiger partial charge is 0.493 e. The quantitative estimate of drug-likeness (QED) is 0.0903. The van der Waals surface area contributed by atoms with Crippen LogP contribution in [-0.4, -0.2) is 51.2 Å². The van der Waals surface area contributed by atoms with Crippen molar-refractivity contribution in [3.63, 3.8) is 0 Å². The SMILES string of the molecule is COc1cc(C=O)cc(OC)c1OCc1ccc(COc2c(OC)cc(C=O)cc2OC)c(Oc2ccc(-c3nnc(-c4ccccc4)o3)cc2)c1. The first-order valence-electron chi connectivity index (χ1n) is 15.9. The van der Waals surface area contributed by atoms with Crippen molar-refractivity contribution >= 4 is 12.6 Å². The highest BCUT2D eigenvalue weighted by Gasteiger charge is 2.18. The highest BCUT2D eigenvalue weighted by Crippen LogP contribution is 2.41. The molecule has 0 bridgehead atoms. The summed E-state index contributed by atoms with van der Waals surface area (Å²) in [6.07, 6.45) is 1.41. The number of rotatable bonds is 16. The third kappa shape index (κ3) is 7.81. The van der Waals surface area contributed by atoms with Crippen molar-refractivity contribution in [2.45, 2.75) is 13.2 Å². The minimum atomic E-state index is 0.0563. The van der Waals surface area contributed by atoms with Crippen LogP contribution >= 0.6 is 0 Å². The molecule has 52 heavy (non-hydrogen) atoms. The summed E-state index contributed by atoms with van der Waals surface area (Å²) in [5, 5.41) is 8.40. The molecule has 6 aromatic rings. The molecule has 0 saturated heterocycles. The van der Waals surface area contributed by atoms with Crippen LogP contribution in [0, 0.1) is 0 Å². The van der Waals surface area contributed by atoms with Crippen molar-refractivity contribution in [3.05, 3.63) is 119 Å². The van der Waals surface area contributed by atoms with E-state index in [1.807, 2.05) is 60.7 Å². The highest BCUT2D eigenvalue weighted by atomic mass is 16.5. The second-order valence-corrected chi connectivity index (χ2v) is 11.2. The molecule has 0 aliphatic heterocycles. The normalized spacial score (nSPS) is 10.6. The zero-order valence-electron chi connectivity index (χ0n) is 28.8. The molecule has 6 rings (SSSR count). The Morgan fingerprint density at radius 2 is 1.06 bits per heavy atom. The van der Waals surface area contributed by atoms with E-state index in [0.717, 1.165) is 11.1 Å². The lowest BCUT2D eigenvalue weighted by molar-refractivity contribution is 0.111. The van der Waals surface area contributed by atoms with Gasteiger partial charge in [-0.2, -0.15) is 0 Å². The molecule has 0 spiro atoms. The van der Waals surface area contributed by atoms with Crippen LogP contribution in [0.2, 0.25) is 0 Å². The van der Waals surface area contributed by atoms with E-state index in [0.29, 0.717) is 92.6 Å². The Hall–Kier alpha value is -6.82. The zero-order valence-corrected chi connectivity index (χ0v) is 28.8. The second kappa shape index (κ2) is 16.3. The standard InChI is InChI=1S/C40H34N2O10/c1-45-33-17-26(21-43)18-34(46-2)37(33)49-23-25-10-11-30(24-50-38-35(47-3)19-27(22-44)20-36(38)48-4)32(16-25)51-31-14-12-29(13-15-31)40-42-41-39(52-40)28-8-6-5-7-9-28/h5-22H,23-24H2,1-4H3. The second-order valence-electron chi connectivity index (χ2n) is 11.2. The fourth-order valence-electron chi connectivity index (χ4n) is 5.26. The Bertz CT molecular complexity index is 2110. The summed E-state index contributed by atoms with van der Waals surface area (Å²) < 4.78 is 46.6. The van der Waals surface area contributed by atoms with Crippen molar-refractivity contribution in [1.29, 1.82) is 0 Å². The molecular formula is C40H34N2O10. The predicted molar refractivity (Wildman–Crippen MR) is 190 cm³/mol. The van der Waals surface area contributed by atoms with Crippen LogP contribution in [0.15, 0.2) is 101 Å². The van der Waals surface area contributed by atoms with Gasteiger partial charge in [0.25, 0.3) is 0 Å². The van der Waals surface area contributed by atoms with Gasteiger partial charge in [-0.1, -0.05) is 30.3 Å². The van der Waals surface area contributed by atoms with Crippen molar-refractivity contribution in [1.82, 2.24) is 10.2 Å². The van der Waals surface area contributed by atoms with E-state index >= 15 is 0 Å². The van der Waals surface area contributed by atoms with E-state index in [4.69, 9.17) is 37.6 Å². The zero-order chi connectivity index (χ0) is 36.5. The van der Waals surface area contributed by atoms with E-state index in [2.05, 4.69) is 10.2 Å². The number of hydrogen-bond acceptors (Lipinski definition) is 12. The van der Waals surface area contributed by atoms with E-state index in [-0.39, 0.29) is 13.2 Å². The topological polar surface area (TPSA) is 138 Å². The van der Waals surface area contributed by atoms with Crippen LogP contribution < -0.4 is 33.2 Å². The fraction of sp³-hybridized carbons (Fsp3) is 0.150. The average molecular weight is 703 g/mol. The smallest absolute Gasteiger partial charge is 0.248 e. The van der Waals surface area contributed by atoms with Crippen molar-refractivity contribution in [3.8, 4) is 68.9 Å². The summed E-state index contributed by atoms with van der Waals surface area (Å²) in [4.78, 5) is 22.9. The van der Waals surface area contributed by atoms with Crippen LogP contribution in [0.1, 0.15) is 31.8 Å². The van der Waals surface area contributed by atoms with Gasteiger partial charge in [-0.25, -0.2) is 0 Å². The molecular weight excluding hydrogens is 668 g/mol. The summed E-state index contributed by atoms with van der Waals surface area (Å²) >= 11 is 0. The Morgan fingerprint density at radius 1 is 0.558 bits per heavy atom. The Balaban J connectivity index is 1.28. The van der Waals surface area contributed by atoms with Gasteiger partial charge in [-0.3, -0.25) is 9.59 Å². The van der Waals surface area contributed by atoms with Gasteiger partial charge < -0.3 is 37.6 Å². The molecule has 0 unspecified atom stereocenters. The number of carbonyl (C=O) groups is 2. The molecule has 12 heteroatoms. The van der Waals surface area contributed by atoms with Gasteiger partial charge in [0.15, 0.2) is 23.0 Å². The molecule has 12 nitrogen and oxygen atoms in total. The molecule has 1 heterocycles. The first-order valence-corrected chi connectivity index (χ1v) is 15.9. The minimum absolute atomic E-state index is 0.0563. The molecule has 0 fully saturated rings. The van der Waals surface area contributed by atoms with Gasteiger partial charge in [0.05, 0.1) is 28.4 Å². The summed E-state index contributed by atoms with van der Waals surface area (Å²) in [7, 11) is 5.94. The summed E-state index contributed by atoms with van der Waals surface area (Å²) in [5.74, 6) is 3.85. The summed E-state index contributed by atoms with van der Waals surface area (Å²) in [5.41, 5.74) is 3.74.